The first-order valence-corrected chi connectivity index (χ1v) is 13.1. The van der Waals surface area contributed by atoms with E-state index in [0.29, 0.717) is 0 Å². The molecule has 17 nitrogen and oxygen atoms in total. The summed E-state index contributed by atoms with van der Waals surface area (Å²) in [4.78, 5) is 45.2. The topological polar surface area (TPSA) is 257 Å². The Balaban J connectivity index is 1.59. The first-order valence-electron chi connectivity index (χ1n) is 10.2. The van der Waals surface area contributed by atoms with Crippen LogP contribution in [0, 0.1) is 6.92 Å². The van der Waals surface area contributed by atoms with Gasteiger partial charge in [0.05, 0.1) is 18.8 Å². The van der Waals surface area contributed by atoms with Gasteiger partial charge in [-0.1, -0.05) is 0 Å². The van der Waals surface area contributed by atoms with Crippen LogP contribution < -0.4 is 11.2 Å². The standard InChI is InChI=1S/C16H26N2O15P2/c1-6-4-18(16(24)17-14(6)23)10-3-8(19)9(31-10)5-29-34(25,26)33-35(27,28)32-15-13(22)12(21)11(20)7(2)30-15/h4,7-13,15,19-22H,3,5H2,1-2H3,(H,25,26)(H,27,28)(H,17,23,24)/t7-,8-,9+,10+,11-,12+,13+,15?/m0/s1. The second-order valence-corrected chi connectivity index (χ2v) is 11.0. The van der Waals surface area contributed by atoms with Crippen molar-refractivity contribution in [3.63, 3.8) is 0 Å². The molecule has 3 rings (SSSR count). The van der Waals surface area contributed by atoms with E-state index in [-0.39, 0.29) is 12.0 Å². The Labute approximate surface area is 196 Å². The molecule has 19 heteroatoms. The lowest BCUT2D eigenvalue weighted by molar-refractivity contribution is -0.271. The fraction of sp³-hybridized carbons (Fsp3) is 0.750. The predicted octanol–water partition coefficient (Wildman–Crippen LogP) is -2.43. The van der Waals surface area contributed by atoms with Gasteiger partial charge in [0.1, 0.15) is 30.6 Å². The van der Waals surface area contributed by atoms with Crippen molar-refractivity contribution in [2.45, 2.75) is 69.4 Å². The number of aromatic amines is 1. The maximum absolute atomic E-state index is 12.2. The number of phosphoric acid groups is 2. The Hall–Kier alpha value is -1.30. The van der Waals surface area contributed by atoms with Gasteiger partial charge in [-0.2, -0.15) is 4.31 Å². The monoisotopic (exact) mass is 548 g/mol. The van der Waals surface area contributed by atoms with Crippen molar-refractivity contribution in [3.05, 3.63) is 32.6 Å². The van der Waals surface area contributed by atoms with Crippen LogP contribution in [0.15, 0.2) is 15.8 Å². The lowest BCUT2D eigenvalue weighted by atomic mass is 10.0. The number of hydrogen-bond acceptors (Lipinski definition) is 13. The summed E-state index contributed by atoms with van der Waals surface area (Å²) in [6.07, 6.45) is -11.0. The largest absolute Gasteiger partial charge is 0.483 e. The van der Waals surface area contributed by atoms with Crippen molar-refractivity contribution >= 4 is 15.6 Å². The second kappa shape index (κ2) is 10.6. The summed E-state index contributed by atoms with van der Waals surface area (Å²) in [6.45, 7) is 1.88. The van der Waals surface area contributed by atoms with Crippen LogP contribution in [-0.4, -0.2) is 89.3 Å². The van der Waals surface area contributed by atoms with E-state index in [4.69, 9.17) is 9.47 Å². The van der Waals surface area contributed by atoms with Gasteiger partial charge in [0, 0.05) is 18.2 Å². The molecule has 1 aromatic heterocycles. The van der Waals surface area contributed by atoms with Crippen molar-refractivity contribution in [1.82, 2.24) is 9.55 Å². The van der Waals surface area contributed by atoms with E-state index in [1.807, 2.05) is 0 Å². The molecule has 3 heterocycles. The molecule has 0 spiro atoms. The smallest absolute Gasteiger partial charge is 0.390 e. The molecule has 10 atom stereocenters. The molecular formula is C16H26N2O15P2. The summed E-state index contributed by atoms with van der Waals surface area (Å²) in [7, 11) is -10.8. The molecule has 2 aliphatic rings. The van der Waals surface area contributed by atoms with Crippen molar-refractivity contribution in [1.29, 1.82) is 0 Å². The van der Waals surface area contributed by atoms with Crippen molar-refractivity contribution in [2.75, 3.05) is 6.61 Å². The molecule has 0 aromatic carbocycles. The van der Waals surface area contributed by atoms with Crippen LogP contribution in [0.1, 0.15) is 25.1 Å². The molecule has 1 aromatic rings. The highest BCUT2D eigenvalue weighted by atomic mass is 31.3. The summed E-state index contributed by atoms with van der Waals surface area (Å²) in [5, 5.41) is 39.3. The summed E-state index contributed by atoms with van der Waals surface area (Å²) in [5.41, 5.74) is -1.23. The number of nitrogens with zero attached hydrogens (tertiary/aromatic N) is 1. The number of nitrogens with one attached hydrogen (secondary N) is 1. The van der Waals surface area contributed by atoms with Gasteiger partial charge in [-0.3, -0.25) is 23.4 Å². The van der Waals surface area contributed by atoms with Crippen LogP contribution >= 0.6 is 15.6 Å². The molecule has 0 radical (unpaired) electrons. The Bertz CT molecular complexity index is 1120. The van der Waals surface area contributed by atoms with E-state index < -0.39 is 82.6 Å². The van der Waals surface area contributed by atoms with Crippen LogP contribution in [0.25, 0.3) is 0 Å². The summed E-state index contributed by atoms with van der Waals surface area (Å²) in [6, 6.07) is 0. The normalized spacial score (nSPS) is 37.0. The van der Waals surface area contributed by atoms with Gasteiger partial charge in [0.25, 0.3) is 5.56 Å². The average Bonchev–Trinajstić information content (AvgIpc) is 3.11. The number of aliphatic hydroxyl groups is 4. The zero-order valence-electron chi connectivity index (χ0n) is 18.3. The van der Waals surface area contributed by atoms with E-state index >= 15 is 0 Å². The minimum atomic E-state index is -5.44. The number of hydrogen-bond donors (Lipinski definition) is 7. The van der Waals surface area contributed by atoms with Crippen LogP contribution in [-0.2, 0) is 32.0 Å². The van der Waals surface area contributed by atoms with Gasteiger partial charge in [-0.15, -0.1) is 0 Å². The maximum Gasteiger partial charge on any atom is 0.483 e. The third-order valence-electron chi connectivity index (χ3n) is 5.31. The van der Waals surface area contributed by atoms with Gasteiger partial charge in [0.2, 0.25) is 0 Å². The molecule has 0 aliphatic carbocycles. The zero-order chi connectivity index (χ0) is 26.3. The Morgan fingerprint density at radius 1 is 1.09 bits per heavy atom. The van der Waals surface area contributed by atoms with E-state index in [0.717, 1.165) is 4.57 Å². The summed E-state index contributed by atoms with van der Waals surface area (Å²) in [5.74, 6) is 0. The van der Waals surface area contributed by atoms with E-state index in [1.54, 1.807) is 0 Å². The molecule has 2 saturated heterocycles. The number of aromatic nitrogens is 2. The third-order valence-corrected chi connectivity index (χ3v) is 7.91. The molecule has 0 saturated carbocycles. The van der Waals surface area contributed by atoms with Gasteiger partial charge in [-0.05, 0) is 13.8 Å². The lowest BCUT2D eigenvalue weighted by Crippen LogP contribution is -2.57. The Morgan fingerprint density at radius 3 is 2.40 bits per heavy atom. The molecule has 2 fully saturated rings. The second-order valence-electron chi connectivity index (χ2n) is 8.01. The number of aliphatic hydroxyl groups excluding tert-OH is 4. The highest BCUT2D eigenvalue weighted by Gasteiger charge is 2.47. The number of rotatable bonds is 8. The predicted molar refractivity (Wildman–Crippen MR) is 111 cm³/mol. The highest BCUT2D eigenvalue weighted by molar-refractivity contribution is 7.61. The van der Waals surface area contributed by atoms with Gasteiger partial charge in [-0.25, -0.2) is 13.9 Å². The van der Waals surface area contributed by atoms with Crippen molar-refractivity contribution in [3.8, 4) is 0 Å². The van der Waals surface area contributed by atoms with Crippen molar-refractivity contribution in [2.24, 2.45) is 0 Å². The number of phosphoric ester groups is 2. The molecule has 35 heavy (non-hydrogen) atoms. The van der Waals surface area contributed by atoms with Crippen molar-refractivity contribution < 1.29 is 62.2 Å². The SMILES string of the molecule is Cc1cn([C@H]2C[C@H](O)[C@@H](COP(=O)(O)OP(=O)(O)OC3O[C@@H](C)[C@H](O)[C@@H](O)[C@H]3O)O2)c(=O)[nH]c1=O. The minimum absolute atomic E-state index is 0.152. The minimum Gasteiger partial charge on any atom is -0.390 e. The zero-order valence-corrected chi connectivity index (χ0v) is 20.1. The lowest BCUT2D eigenvalue weighted by Gasteiger charge is -2.38. The average molecular weight is 548 g/mol. The number of H-pyrrole nitrogens is 1. The number of ether oxygens (including phenoxy) is 2. The summed E-state index contributed by atoms with van der Waals surface area (Å²) < 4.78 is 49.0. The van der Waals surface area contributed by atoms with Crippen LogP contribution in [0.3, 0.4) is 0 Å². The molecule has 7 N–H and O–H groups in total. The van der Waals surface area contributed by atoms with Crippen LogP contribution in [0.2, 0.25) is 0 Å². The highest BCUT2D eigenvalue weighted by Crippen LogP contribution is 2.61. The first-order chi connectivity index (χ1) is 16.1. The molecular weight excluding hydrogens is 522 g/mol. The van der Waals surface area contributed by atoms with Crippen LogP contribution in [0.5, 0.6) is 0 Å². The quantitative estimate of drug-likeness (QED) is 0.167. The molecule has 0 amide bonds. The number of aryl methyl sites for hydroxylation is 1. The summed E-state index contributed by atoms with van der Waals surface area (Å²) >= 11 is 0. The Kier molecular flexibility index (Phi) is 8.56. The van der Waals surface area contributed by atoms with E-state index in [1.165, 1.54) is 20.0 Å². The Morgan fingerprint density at radius 2 is 1.74 bits per heavy atom. The molecule has 200 valence electrons. The molecule has 3 unspecified atom stereocenters. The van der Waals surface area contributed by atoms with Gasteiger partial charge < -0.3 is 39.7 Å². The molecule has 0 bridgehead atoms. The van der Waals surface area contributed by atoms with E-state index in [9.17, 15) is 48.9 Å². The third kappa shape index (κ3) is 6.72. The van der Waals surface area contributed by atoms with E-state index in [2.05, 4.69) is 18.3 Å². The molecule has 2 aliphatic heterocycles. The fourth-order valence-electron chi connectivity index (χ4n) is 3.41. The maximum atomic E-state index is 12.2. The van der Waals surface area contributed by atoms with Crippen LogP contribution in [0.4, 0.5) is 0 Å². The fourth-order valence-corrected chi connectivity index (χ4v) is 5.57. The van der Waals surface area contributed by atoms with Gasteiger partial charge >= 0.3 is 21.3 Å². The van der Waals surface area contributed by atoms with Gasteiger partial charge in [0.15, 0.2) is 6.29 Å². The first kappa shape index (κ1) is 28.3.